The second-order valence-electron chi connectivity index (χ2n) is 4.91. The average Bonchev–Trinajstić information content (AvgIpc) is 1.97. The van der Waals surface area contributed by atoms with Gasteiger partial charge in [0.25, 0.3) is 0 Å². The Bertz CT molecular complexity index is 297. The molecule has 0 saturated heterocycles. The van der Waals surface area contributed by atoms with Crippen LogP contribution in [0.25, 0.3) is 0 Å². The van der Waals surface area contributed by atoms with E-state index in [2.05, 4.69) is 0 Å². The molecule has 0 N–H and O–H groups in total. The van der Waals surface area contributed by atoms with E-state index < -0.39 is 5.92 Å². The molecule has 0 aromatic rings. The van der Waals surface area contributed by atoms with Gasteiger partial charge in [-0.3, -0.25) is 14.4 Å². The average molecular weight is 208 g/mol. The lowest BCUT2D eigenvalue weighted by Gasteiger charge is -2.30. The maximum atomic E-state index is 11.9. The molecule has 2 fully saturated rings. The molecular formula is C12H16O3. The number of ketones is 3. The van der Waals surface area contributed by atoms with Crippen LogP contribution in [0.2, 0.25) is 0 Å². The highest BCUT2D eigenvalue weighted by Crippen LogP contribution is 2.33. The van der Waals surface area contributed by atoms with Gasteiger partial charge in [-0.2, -0.15) is 0 Å². The number of hydrogen-bond acceptors (Lipinski definition) is 3. The molecule has 2 aliphatic carbocycles. The van der Waals surface area contributed by atoms with Gasteiger partial charge in [0.05, 0.1) is 0 Å². The van der Waals surface area contributed by atoms with Crippen LogP contribution in [0.1, 0.15) is 39.0 Å². The van der Waals surface area contributed by atoms with E-state index in [0.29, 0.717) is 12.8 Å². The van der Waals surface area contributed by atoms with Gasteiger partial charge in [-0.25, -0.2) is 0 Å². The van der Waals surface area contributed by atoms with Gasteiger partial charge in [0, 0.05) is 18.8 Å². The molecule has 0 radical (unpaired) electrons. The van der Waals surface area contributed by atoms with Crippen molar-refractivity contribution in [3.8, 4) is 0 Å². The van der Waals surface area contributed by atoms with Crippen molar-refractivity contribution in [1.82, 2.24) is 0 Å². The first-order valence-corrected chi connectivity index (χ1v) is 5.68. The standard InChI is InChI=1S/C12H16O3/c1-7-5-9(13)11(10(14)6-7)12(15)8-3-2-4-8/h7-8,11H,2-6H2,1H3. The smallest absolute Gasteiger partial charge is 0.153 e. The topological polar surface area (TPSA) is 51.2 Å². The lowest BCUT2D eigenvalue weighted by atomic mass is 9.71. The summed E-state index contributed by atoms with van der Waals surface area (Å²) < 4.78 is 0. The molecule has 0 unspecified atom stereocenters. The van der Waals surface area contributed by atoms with Crippen LogP contribution in [-0.2, 0) is 14.4 Å². The van der Waals surface area contributed by atoms with Crippen molar-refractivity contribution in [1.29, 1.82) is 0 Å². The summed E-state index contributed by atoms with van der Waals surface area (Å²) in [4.78, 5) is 35.2. The van der Waals surface area contributed by atoms with Gasteiger partial charge in [0.2, 0.25) is 0 Å². The fourth-order valence-electron chi connectivity index (χ4n) is 2.42. The largest absolute Gasteiger partial charge is 0.298 e. The molecule has 0 aliphatic heterocycles. The summed E-state index contributed by atoms with van der Waals surface area (Å²) in [6.07, 6.45) is 3.59. The van der Waals surface area contributed by atoms with Gasteiger partial charge in [0.1, 0.15) is 5.92 Å². The van der Waals surface area contributed by atoms with E-state index in [1.54, 1.807) is 0 Å². The van der Waals surface area contributed by atoms with Crippen LogP contribution in [0.3, 0.4) is 0 Å². The van der Waals surface area contributed by atoms with Crippen LogP contribution in [0.5, 0.6) is 0 Å². The minimum atomic E-state index is -0.897. The van der Waals surface area contributed by atoms with E-state index in [1.807, 2.05) is 6.92 Å². The number of hydrogen-bond donors (Lipinski definition) is 0. The fraction of sp³-hybridized carbons (Fsp3) is 0.750. The van der Waals surface area contributed by atoms with E-state index in [-0.39, 0.29) is 29.2 Å². The normalized spacial score (nSPS) is 32.6. The maximum absolute atomic E-state index is 11.9. The summed E-state index contributed by atoms with van der Waals surface area (Å²) in [5.74, 6) is -1.16. The zero-order chi connectivity index (χ0) is 11.0. The molecule has 0 amide bonds. The first-order chi connectivity index (χ1) is 7.09. The third kappa shape index (κ3) is 1.87. The monoisotopic (exact) mass is 208 g/mol. The Morgan fingerprint density at radius 1 is 1.13 bits per heavy atom. The summed E-state index contributed by atoms with van der Waals surface area (Å²) in [5.41, 5.74) is 0. The van der Waals surface area contributed by atoms with Crippen molar-refractivity contribution in [3.05, 3.63) is 0 Å². The van der Waals surface area contributed by atoms with E-state index in [4.69, 9.17) is 0 Å². The zero-order valence-corrected chi connectivity index (χ0v) is 8.99. The molecule has 2 saturated carbocycles. The van der Waals surface area contributed by atoms with Gasteiger partial charge in [-0.05, 0) is 18.8 Å². The molecule has 0 aromatic carbocycles. The van der Waals surface area contributed by atoms with Crippen LogP contribution < -0.4 is 0 Å². The van der Waals surface area contributed by atoms with Crippen molar-refractivity contribution >= 4 is 17.3 Å². The SMILES string of the molecule is CC1CC(=O)C(C(=O)C2CCC2)C(=O)C1. The Morgan fingerprint density at radius 2 is 1.67 bits per heavy atom. The molecule has 0 spiro atoms. The minimum absolute atomic E-state index is 0.00342. The Hall–Kier alpha value is -0.990. The second-order valence-corrected chi connectivity index (χ2v) is 4.91. The maximum Gasteiger partial charge on any atom is 0.153 e. The summed E-state index contributed by atoms with van der Waals surface area (Å²) in [6.45, 7) is 1.89. The van der Waals surface area contributed by atoms with Gasteiger partial charge in [-0.1, -0.05) is 13.3 Å². The Balaban J connectivity index is 2.09. The predicted octanol–water partition coefficient (Wildman–Crippen LogP) is 1.54. The Labute approximate surface area is 89.2 Å². The quantitative estimate of drug-likeness (QED) is 0.647. The van der Waals surface area contributed by atoms with Crippen molar-refractivity contribution in [2.75, 3.05) is 0 Å². The molecule has 3 nitrogen and oxygen atoms in total. The third-order valence-electron chi connectivity index (χ3n) is 3.54. The molecule has 15 heavy (non-hydrogen) atoms. The number of Topliss-reactive ketones (excluding diaryl/α,β-unsaturated/α-hetero) is 3. The van der Waals surface area contributed by atoms with Crippen molar-refractivity contribution < 1.29 is 14.4 Å². The lowest BCUT2D eigenvalue weighted by molar-refractivity contribution is -0.145. The van der Waals surface area contributed by atoms with Crippen LogP contribution >= 0.6 is 0 Å². The van der Waals surface area contributed by atoms with Gasteiger partial charge in [-0.15, -0.1) is 0 Å². The van der Waals surface area contributed by atoms with Gasteiger partial charge in [0.15, 0.2) is 17.3 Å². The van der Waals surface area contributed by atoms with Gasteiger partial charge >= 0.3 is 0 Å². The summed E-state index contributed by atoms with van der Waals surface area (Å²) >= 11 is 0. The second kappa shape index (κ2) is 3.87. The molecule has 82 valence electrons. The van der Waals surface area contributed by atoms with Crippen molar-refractivity contribution in [2.45, 2.75) is 39.0 Å². The molecule has 0 atom stereocenters. The van der Waals surface area contributed by atoms with Gasteiger partial charge < -0.3 is 0 Å². The lowest BCUT2D eigenvalue weighted by Crippen LogP contribution is -2.42. The van der Waals surface area contributed by atoms with E-state index >= 15 is 0 Å². The zero-order valence-electron chi connectivity index (χ0n) is 8.99. The molecule has 2 aliphatic rings. The van der Waals surface area contributed by atoms with Crippen molar-refractivity contribution in [2.24, 2.45) is 17.8 Å². The molecule has 0 heterocycles. The first-order valence-electron chi connectivity index (χ1n) is 5.68. The minimum Gasteiger partial charge on any atom is -0.298 e. The van der Waals surface area contributed by atoms with Crippen LogP contribution in [-0.4, -0.2) is 17.3 Å². The highest BCUT2D eigenvalue weighted by molar-refractivity contribution is 6.21. The molecule has 3 heteroatoms. The van der Waals surface area contributed by atoms with Crippen LogP contribution in [0.4, 0.5) is 0 Å². The molecule has 2 rings (SSSR count). The molecule has 0 bridgehead atoms. The van der Waals surface area contributed by atoms with E-state index in [0.717, 1.165) is 19.3 Å². The molecule has 0 aromatic heterocycles. The molecular weight excluding hydrogens is 192 g/mol. The van der Waals surface area contributed by atoms with Crippen LogP contribution in [0.15, 0.2) is 0 Å². The summed E-state index contributed by atoms with van der Waals surface area (Å²) in [5, 5.41) is 0. The fourth-order valence-corrected chi connectivity index (χ4v) is 2.42. The predicted molar refractivity (Wildman–Crippen MR) is 54.3 cm³/mol. The summed E-state index contributed by atoms with van der Waals surface area (Å²) in [7, 11) is 0. The van der Waals surface area contributed by atoms with E-state index in [9.17, 15) is 14.4 Å². The Morgan fingerprint density at radius 3 is 2.07 bits per heavy atom. The van der Waals surface area contributed by atoms with E-state index in [1.165, 1.54) is 0 Å². The number of carbonyl (C=O) groups is 3. The third-order valence-corrected chi connectivity index (χ3v) is 3.54. The van der Waals surface area contributed by atoms with Crippen molar-refractivity contribution in [3.63, 3.8) is 0 Å². The first kappa shape index (κ1) is 10.5. The Kier molecular flexibility index (Phi) is 2.72. The van der Waals surface area contributed by atoms with Crippen LogP contribution in [0, 0.1) is 17.8 Å². The summed E-state index contributed by atoms with van der Waals surface area (Å²) in [6, 6.07) is 0. The number of rotatable bonds is 2. The highest BCUT2D eigenvalue weighted by Gasteiger charge is 2.42. The number of carbonyl (C=O) groups excluding carboxylic acids is 3. The highest BCUT2D eigenvalue weighted by atomic mass is 16.2.